The fourth-order valence-corrected chi connectivity index (χ4v) is 2.45. The van der Waals surface area contributed by atoms with Crippen LogP contribution in [0.1, 0.15) is 18.9 Å². The standard InChI is InChI=1S/C14H16F3N5O2S/c1-3-6-24-11-5-4-9(14(15,16)17)7-10(11)18-12(23)8-25-13-19-20-21-22(13)2/h4-5,7H,3,6,8H2,1-2H3,(H,18,23). The number of halogens is 3. The Morgan fingerprint density at radius 2 is 2.16 bits per heavy atom. The number of aryl methyl sites for hydroxylation is 1. The number of benzene rings is 1. The maximum atomic E-state index is 12.9. The van der Waals surface area contributed by atoms with E-state index in [0.29, 0.717) is 18.2 Å². The van der Waals surface area contributed by atoms with Gasteiger partial charge < -0.3 is 10.1 Å². The fourth-order valence-electron chi connectivity index (χ4n) is 1.80. The number of hydrogen-bond acceptors (Lipinski definition) is 6. The van der Waals surface area contributed by atoms with Crippen molar-refractivity contribution < 1.29 is 22.7 Å². The molecule has 2 aromatic rings. The molecule has 136 valence electrons. The zero-order valence-corrected chi connectivity index (χ0v) is 14.3. The van der Waals surface area contributed by atoms with E-state index in [1.54, 1.807) is 7.05 Å². The van der Waals surface area contributed by atoms with Crippen LogP contribution < -0.4 is 10.1 Å². The summed E-state index contributed by atoms with van der Waals surface area (Å²) in [6, 6.07) is 2.98. The number of nitrogens with zero attached hydrogens (tertiary/aromatic N) is 4. The van der Waals surface area contributed by atoms with Crippen LogP contribution in [-0.2, 0) is 18.0 Å². The van der Waals surface area contributed by atoms with Gasteiger partial charge in [-0.15, -0.1) is 5.10 Å². The van der Waals surface area contributed by atoms with Gasteiger partial charge in [0.15, 0.2) is 0 Å². The van der Waals surface area contributed by atoms with Gasteiger partial charge in [-0.2, -0.15) is 13.2 Å². The molecule has 0 unspecified atom stereocenters. The van der Waals surface area contributed by atoms with Crippen LogP contribution in [0.25, 0.3) is 0 Å². The Kier molecular flexibility index (Phi) is 6.23. The van der Waals surface area contributed by atoms with Crippen molar-refractivity contribution in [2.45, 2.75) is 24.7 Å². The highest BCUT2D eigenvalue weighted by Crippen LogP contribution is 2.35. The zero-order chi connectivity index (χ0) is 18.4. The van der Waals surface area contributed by atoms with Crippen molar-refractivity contribution >= 4 is 23.4 Å². The van der Waals surface area contributed by atoms with Crippen LogP contribution in [0.3, 0.4) is 0 Å². The number of aromatic nitrogens is 4. The summed E-state index contributed by atoms with van der Waals surface area (Å²) in [6.45, 7) is 2.20. The normalized spacial score (nSPS) is 11.4. The molecule has 0 saturated heterocycles. The molecule has 1 N–H and O–H groups in total. The third-order valence-corrected chi connectivity index (χ3v) is 3.97. The van der Waals surface area contributed by atoms with E-state index in [2.05, 4.69) is 20.8 Å². The van der Waals surface area contributed by atoms with E-state index in [9.17, 15) is 18.0 Å². The van der Waals surface area contributed by atoms with Crippen molar-refractivity contribution in [1.29, 1.82) is 0 Å². The van der Waals surface area contributed by atoms with Gasteiger partial charge in [0.2, 0.25) is 11.1 Å². The van der Waals surface area contributed by atoms with Crippen molar-refractivity contribution in [3.8, 4) is 5.75 Å². The van der Waals surface area contributed by atoms with Gasteiger partial charge in [-0.25, -0.2) is 4.68 Å². The van der Waals surface area contributed by atoms with Crippen molar-refractivity contribution in [3.63, 3.8) is 0 Å². The molecule has 0 radical (unpaired) electrons. The lowest BCUT2D eigenvalue weighted by atomic mass is 10.1. The van der Waals surface area contributed by atoms with Crippen LogP contribution in [-0.4, -0.2) is 38.5 Å². The Labute approximate surface area is 145 Å². The smallest absolute Gasteiger partial charge is 0.416 e. The Hall–Kier alpha value is -2.30. The van der Waals surface area contributed by atoms with Gasteiger partial charge in [0.05, 0.1) is 23.6 Å². The molecule has 0 spiro atoms. The third-order valence-electron chi connectivity index (χ3n) is 2.96. The van der Waals surface area contributed by atoms with E-state index in [0.717, 1.165) is 23.9 Å². The summed E-state index contributed by atoms with van der Waals surface area (Å²) in [6.07, 6.45) is -3.83. The topological polar surface area (TPSA) is 81.9 Å². The van der Waals surface area contributed by atoms with Crippen molar-refractivity contribution in [2.24, 2.45) is 7.05 Å². The van der Waals surface area contributed by atoms with E-state index in [-0.39, 0.29) is 17.2 Å². The first-order valence-corrected chi connectivity index (χ1v) is 8.29. The van der Waals surface area contributed by atoms with Crippen LogP contribution in [0.2, 0.25) is 0 Å². The minimum absolute atomic E-state index is 0.0232. The van der Waals surface area contributed by atoms with Crippen molar-refractivity contribution in [2.75, 3.05) is 17.7 Å². The lowest BCUT2D eigenvalue weighted by Gasteiger charge is -2.15. The largest absolute Gasteiger partial charge is 0.491 e. The maximum Gasteiger partial charge on any atom is 0.416 e. The summed E-state index contributed by atoms with van der Waals surface area (Å²) < 4.78 is 45.4. The summed E-state index contributed by atoms with van der Waals surface area (Å²) in [5, 5.41) is 13.6. The highest BCUT2D eigenvalue weighted by atomic mass is 32.2. The third kappa shape index (κ3) is 5.34. The fraction of sp³-hybridized carbons (Fsp3) is 0.429. The van der Waals surface area contributed by atoms with E-state index < -0.39 is 17.6 Å². The molecule has 0 aliphatic heterocycles. The second kappa shape index (κ2) is 8.19. The first-order valence-electron chi connectivity index (χ1n) is 7.30. The Morgan fingerprint density at radius 1 is 1.40 bits per heavy atom. The number of ether oxygens (including phenoxy) is 1. The number of tetrazole rings is 1. The molecule has 25 heavy (non-hydrogen) atoms. The second-order valence-electron chi connectivity index (χ2n) is 4.98. The van der Waals surface area contributed by atoms with Crippen molar-refractivity contribution in [3.05, 3.63) is 23.8 Å². The maximum absolute atomic E-state index is 12.9. The summed E-state index contributed by atoms with van der Waals surface area (Å²) in [7, 11) is 1.61. The first-order chi connectivity index (χ1) is 11.8. The van der Waals surface area contributed by atoms with E-state index >= 15 is 0 Å². The lowest BCUT2D eigenvalue weighted by molar-refractivity contribution is -0.137. The number of rotatable bonds is 7. The predicted octanol–water partition coefficient (Wildman–Crippen LogP) is 2.75. The van der Waals surface area contributed by atoms with Gasteiger partial charge in [-0.3, -0.25) is 4.79 Å². The number of hydrogen-bond donors (Lipinski definition) is 1. The molecule has 0 saturated carbocycles. The molecule has 1 aromatic heterocycles. The predicted molar refractivity (Wildman–Crippen MR) is 85.4 cm³/mol. The molecule has 7 nitrogen and oxygen atoms in total. The Bertz CT molecular complexity index is 735. The Morgan fingerprint density at radius 3 is 2.76 bits per heavy atom. The molecule has 0 aliphatic carbocycles. The number of anilines is 1. The van der Waals surface area contributed by atoms with Crippen LogP contribution in [0.5, 0.6) is 5.75 Å². The lowest BCUT2D eigenvalue weighted by Crippen LogP contribution is -2.16. The summed E-state index contributed by atoms with van der Waals surface area (Å²) in [5.74, 6) is -0.361. The molecule has 1 amide bonds. The van der Waals surface area contributed by atoms with Gasteiger partial charge >= 0.3 is 6.18 Å². The Balaban J connectivity index is 2.11. The van der Waals surface area contributed by atoms with Gasteiger partial charge in [-0.05, 0) is 35.0 Å². The van der Waals surface area contributed by atoms with Gasteiger partial charge in [0.25, 0.3) is 0 Å². The monoisotopic (exact) mass is 375 g/mol. The van der Waals surface area contributed by atoms with E-state index in [1.807, 2.05) is 6.92 Å². The molecule has 2 rings (SSSR count). The number of alkyl halides is 3. The average molecular weight is 375 g/mol. The van der Waals surface area contributed by atoms with Crippen LogP contribution in [0.15, 0.2) is 23.4 Å². The van der Waals surface area contributed by atoms with Gasteiger partial charge in [0, 0.05) is 7.05 Å². The summed E-state index contributed by atoms with van der Waals surface area (Å²) >= 11 is 1.07. The second-order valence-corrected chi connectivity index (χ2v) is 5.92. The highest BCUT2D eigenvalue weighted by Gasteiger charge is 2.31. The minimum Gasteiger partial charge on any atom is -0.491 e. The molecule has 1 heterocycles. The van der Waals surface area contributed by atoms with Crippen LogP contribution in [0, 0.1) is 0 Å². The quantitative estimate of drug-likeness (QED) is 0.750. The van der Waals surface area contributed by atoms with E-state index in [4.69, 9.17) is 4.74 Å². The highest BCUT2D eigenvalue weighted by molar-refractivity contribution is 7.99. The summed E-state index contributed by atoms with van der Waals surface area (Å²) in [5.41, 5.74) is -0.887. The SMILES string of the molecule is CCCOc1ccc(C(F)(F)F)cc1NC(=O)CSc1nnnn1C. The number of carbonyl (C=O) groups excluding carboxylic acids is 1. The average Bonchev–Trinajstić information content (AvgIpc) is 2.96. The molecule has 0 atom stereocenters. The molecule has 1 aromatic carbocycles. The number of amides is 1. The molecular formula is C14H16F3N5O2S. The summed E-state index contributed by atoms with van der Waals surface area (Å²) in [4.78, 5) is 12.1. The molecule has 0 fully saturated rings. The van der Waals surface area contributed by atoms with E-state index in [1.165, 1.54) is 10.7 Å². The molecule has 0 bridgehead atoms. The molecule has 0 aliphatic rings. The first kappa shape index (κ1) is 19.0. The van der Waals surface area contributed by atoms with Crippen LogP contribution >= 0.6 is 11.8 Å². The zero-order valence-electron chi connectivity index (χ0n) is 13.5. The van der Waals surface area contributed by atoms with Crippen molar-refractivity contribution in [1.82, 2.24) is 20.2 Å². The number of nitrogens with one attached hydrogen (secondary N) is 1. The number of carbonyl (C=O) groups is 1. The minimum atomic E-state index is -4.51. The molecular weight excluding hydrogens is 359 g/mol. The number of thioether (sulfide) groups is 1. The molecule has 11 heteroatoms. The van der Waals surface area contributed by atoms with Gasteiger partial charge in [-0.1, -0.05) is 18.7 Å². The van der Waals surface area contributed by atoms with Crippen LogP contribution in [0.4, 0.5) is 18.9 Å². The van der Waals surface area contributed by atoms with Gasteiger partial charge in [0.1, 0.15) is 5.75 Å².